The van der Waals surface area contributed by atoms with E-state index >= 15 is 0 Å². The number of nitrogens with zero attached hydrogens (tertiary/aromatic N) is 4. The van der Waals surface area contributed by atoms with Crippen LogP contribution in [0, 0.1) is 0 Å². The summed E-state index contributed by atoms with van der Waals surface area (Å²) in [4.78, 5) is 0. The van der Waals surface area contributed by atoms with Gasteiger partial charge in [-0.1, -0.05) is 5.10 Å². The number of nitrogen functional groups attached to an aromatic ring is 1. The number of hydrogen-bond donors (Lipinski definition) is 1. The number of tetrazole rings is 1. The lowest BCUT2D eigenvalue weighted by atomic mass is 10.7. The molecule has 0 radical (unpaired) electrons. The van der Waals surface area contributed by atoms with E-state index in [1.807, 2.05) is 0 Å². The Morgan fingerprint density at radius 2 is 2.25 bits per heavy atom. The zero-order valence-electron chi connectivity index (χ0n) is 6.51. The summed E-state index contributed by atoms with van der Waals surface area (Å²) >= 11 is 0. The molecule has 0 aromatic carbocycles. The molecule has 0 saturated carbocycles. The van der Waals surface area contributed by atoms with Crippen LogP contribution in [0.5, 0.6) is 0 Å². The van der Waals surface area contributed by atoms with Gasteiger partial charge in [0.15, 0.2) is 0 Å². The molecule has 0 spiro atoms. The Hall–Kier alpha value is -1.18. The van der Waals surface area contributed by atoms with Gasteiger partial charge in [-0.25, -0.2) is 13.1 Å². The highest BCUT2D eigenvalue weighted by atomic mass is 32.2. The SMILES string of the molecule is CS(=O)(=O)CCn1nnnc1N. The number of anilines is 1. The van der Waals surface area contributed by atoms with Gasteiger partial charge in [0.25, 0.3) is 0 Å². The zero-order chi connectivity index (χ0) is 9.19. The molecule has 1 heterocycles. The molecule has 1 rings (SSSR count). The van der Waals surface area contributed by atoms with Crippen molar-refractivity contribution in [2.24, 2.45) is 0 Å². The van der Waals surface area contributed by atoms with Gasteiger partial charge in [-0.2, -0.15) is 0 Å². The molecule has 0 fully saturated rings. The van der Waals surface area contributed by atoms with Gasteiger partial charge in [0.2, 0.25) is 5.95 Å². The molecular formula is C4H9N5O2S. The quantitative estimate of drug-likeness (QED) is 0.610. The zero-order valence-corrected chi connectivity index (χ0v) is 7.32. The molecule has 0 amide bonds. The van der Waals surface area contributed by atoms with E-state index in [2.05, 4.69) is 15.5 Å². The summed E-state index contributed by atoms with van der Waals surface area (Å²) in [6, 6.07) is 0. The second-order valence-electron chi connectivity index (χ2n) is 2.39. The van der Waals surface area contributed by atoms with Crippen LogP contribution >= 0.6 is 0 Å². The molecule has 0 aliphatic carbocycles. The van der Waals surface area contributed by atoms with Crippen LogP contribution in [0.15, 0.2) is 0 Å². The largest absolute Gasteiger partial charge is 0.367 e. The van der Waals surface area contributed by atoms with Crippen LogP contribution in [0.4, 0.5) is 5.95 Å². The van der Waals surface area contributed by atoms with Crippen LogP contribution in [-0.4, -0.2) is 40.6 Å². The topological polar surface area (TPSA) is 104 Å². The number of hydrogen-bond acceptors (Lipinski definition) is 6. The molecule has 1 aromatic heterocycles. The number of nitrogens with two attached hydrogens (primary N) is 1. The highest BCUT2D eigenvalue weighted by Gasteiger charge is 2.05. The van der Waals surface area contributed by atoms with Crippen molar-refractivity contribution in [3.8, 4) is 0 Å². The standard InChI is InChI=1S/C4H9N5O2S/c1-12(10,11)3-2-9-4(5)6-7-8-9/h2-3H2,1H3,(H2,5,6,8). The Balaban J connectivity index is 2.61. The second kappa shape index (κ2) is 3.05. The van der Waals surface area contributed by atoms with Crippen LogP contribution in [0.1, 0.15) is 0 Å². The number of sulfone groups is 1. The third-order valence-electron chi connectivity index (χ3n) is 1.23. The second-order valence-corrected chi connectivity index (χ2v) is 4.65. The summed E-state index contributed by atoms with van der Waals surface area (Å²) in [7, 11) is -2.99. The Bertz CT molecular complexity index is 355. The molecule has 0 bridgehead atoms. The molecule has 2 N–H and O–H groups in total. The molecular weight excluding hydrogens is 182 g/mol. The highest BCUT2D eigenvalue weighted by molar-refractivity contribution is 7.90. The minimum atomic E-state index is -2.99. The Kier molecular flexibility index (Phi) is 2.27. The number of aromatic nitrogens is 4. The molecule has 0 aliphatic heterocycles. The van der Waals surface area contributed by atoms with Crippen LogP contribution in [0.2, 0.25) is 0 Å². The minimum Gasteiger partial charge on any atom is -0.367 e. The van der Waals surface area contributed by atoms with E-state index in [0.717, 1.165) is 6.26 Å². The summed E-state index contributed by atoms with van der Waals surface area (Å²) < 4.78 is 22.7. The van der Waals surface area contributed by atoms with E-state index in [1.54, 1.807) is 0 Å². The Labute approximate surface area is 69.5 Å². The molecule has 12 heavy (non-hydrogen) atoms. The van der Waals surface area contributed by atoms with Gasteiger partial charge in [0.1, 0.15) is 9.84 Å². The molecule has 0 saturated heterocycles. The molecule has 8 heteroatoms. The predicted octanol–water partition coefficient (Wildman–Crippen LogP) is -1.70. The summed E-state index contributed by atoms with van der Waals surface area (Å²) in [5.74, 6) is 0.112. The first-order valence-electron chi connectivity index (χ1n) is 3.18. The number of aryl methyl sites for hydroxylation is 1. The summed E-state index contributed by atoms with van der Waals surface area (Å²) in [5.41, 5.74) is 5.30. The van der Waals surface area contributed by atoms with Gasteiger partial charge in [-0.15, -0.1) is 0 Å². The van der Waals surface area contributed by atoms with Crippen molar-refractivity contribution in [2.45, 2.75) is 6.54 Å². The van der Waals surface area contributed by atoms with Crippen LogP contribution in [-0.2, 0) is 16.4 Å². The monoisotopic (exact) mass is 191 g/mol. The van der Waals surface area contributed by atoms with Gasteiger partial charge in [-0.3, -0.25) is 0 Å². The average Bonchev–Trinajstić information content (AvgIpc) is 2.29. The van der Waals surface area contributed by atoms with Crippen molar-refractivity contribution in [3.63, 3.8) is 0 Å². The van der Waals surface area contributed by atoms with E-state index < -0.39 is 9.84 Å². The first-order chi connectivity index (χ1) is 5.49. The van der Waals surface area contributed by atoms with Crippen LogP contribution in [0.3, 0.4) is 0 Å². The molecule has 0 atom stereocenters. The van der Waals surface area contributed by atoms with Gasteiger partial charge in [0.05, 0.1) is 12.3 Å². The fraction of sp³-hybridized carbons (Fsp3) is 0.750. The third-order valence-corrected chi connectivity index (χ3v) is 2.16. The maximum atomic E-state index is 10.7. The van der Waals surface area contributed by atoms with E-state index in [0.29, 0.717) is 0 Å². The normalized spacial score (nSPS) is 11.8. The fourth-order valence-electron chi connectivity index (χ4n) is 0.623. The highest BCUT2D eigenvalue weighted by Crippen LogP contribution is 1.93. The molecule has 1 aromatic rings. The smallest absolute Gasteiger partial charge is 0.240 e. The van der Waals surface area contributed by atoms with Crippen molar-refractivity contribution in [3.05, 3.63) is 0 Å². The fourth-order valence-corrected chi connectivity index (χ4v) is 1.13. The van der Waals surface area contributed by atoms with Gasteiger partial charge < -0.3 is 5.73 Å². The van der Waals surface area contributed by atoms with E-state index in [9.17, 15) is 8.42 Å². The first kappa shape index (κ1) is 8.91. The first-order valence-corrected chi connectivity index (χ1v) is 5.24. The molecule has 7 nitrogen and oxygen atoms in total. The van der Waals surface area contributed by atoms with Crippen molar-refractivity contribution in [1.82, 2.24) is 20.2 Å². The van der Waals surface area contributed by atoms with E-state index in [4.69, 9.17) is 5.73 Å². The summed E-state index contributed by atoms with van der Waals surface area (Å²) in [6.45, 7) is 0.192. The predicted molar refractivity (Wildman–Crippen MR) is 41.9 cm³/mol. The summed E-state index contributed by atoms with van der Waals surface area (Å²) in [5, 5.41) is 10.2. The van der Waals surface area contributed by atoms with Crippen molar-refractivity contribution >= 4 is 15.8 Å². The Morgan fingerprint density at radius 3 is 2.67 bits per heavy atom. The van der Waals surface area contributed by atoms with Crippen LogP contribution < -0.4 is 5.73 Å². The molecule has 68 valence electrons. The van der Waals surface area contributed by atoms with Crippen molar-refractivity contribution in [2.75, 3.05) is 17.7 Å². The van der Waals surface area contributed by atoms with Crippen LogP contribution in [0.25, 0.3) is 0 Å². The van der Waals surface area contributed by atoms with E-state index in [-0.39, 0.29) is 18.2 Å². The lowest BCUT2D eigenvalue weighted by molar-refractivity contribution is 0.582. The van der Waals surface area contributed by atoms with Gasteiger partial charge >= 0.3 is 0 Å². The lowest BCUT2D eigenvalue weighted by Gasteiger charge is -1.98. The van der Waals surface area contributed by atoms with Gasteiger partial charge in [-0.05, 0) is 10.4 Å². The average molecular weight is 191 g/mol. The third kappa shape index (κ3) is 2.46. The maximum absolute atomic E-state index is 10.7. The Morgan fingerprint density at radius 1 is 1.58 bits per heavy atom. The van der Waals surface area contributed by atoms with Gasteiger partial charge in [0, 0.05) is 6.26 Å². The number of rotatable bonds is 3. The van der Waals surface area contributed by atoms with Crippen molar-refractivity contribution < 1.29 is 8.42 Å². The summed E-state index contributed by atoms with van der Waals surface area (Å²) in [6.07, 6.45) is 1.15. The molecule has 0 aliphatic rings. The van der Waals surface area contributed by atoms with Crippen molar-refractivity contribution in [1.29, 1.82) is 0 Å². The minimum absolute atomic E-state index is 0.0117. The molecule has 0 unspecified atom stereocenters. The lowest BCUT2D eigenvalue weighted by Crippen LogP contribution is -2.14. The van der Waals surface area contributed by atoms with E-state index in [1.165, 1.54) is 4.68 Å². The maximum Gasteiger partial charge on any atom is 0.240 e.